The lowest BCUT2D eigenvalue weighted by Gasteiger charge is -2.14. The van der Waals surface area contributed by atoms with Crippen LogP contribution in [0, 0.1) is 12.7 Å². The number of rotatable bonds is 6. The van der Waals surface area contributed by atoms with Crippen LogP contribution in [0.15, 0.2) is 17.0 Å². The summed E-state index contributed by atoms with van der Waals surface area (Å²) in [6.45, 7) is 3.48. The molecule has 1 unspecified atom stereocenters. The fourth-order valence-corrected chi connectivity index (χ4v) is 2.87. The van der Waals surface area contributed by atoms with Gasteiger partial charge >= 0.3 is 0 Å². The molecule has 0 saturated heterocycles. The third-order valence-corrected chi connectivity index (χ3v) is 4.45. The van der Waals surface area contributed by atoms with Gasteiger partial charge in [0.15, 0.2) is 11.6 Å². The summed E-state index contributed by atoms with van der Waals surface area (Å²) in [4.78, 5) is -0.0749. The fraction of sp³-hybridized carbons (Fsp3) is 0.500. The van der Waals surface area contributed by atoms with E-state index in [0.29, 0.717) is 0 Å². The molecule has 0 spiro atoms. The van der Waals surface area contributed by atoms with Crippen LogP contribution in [0.1, 0.15) is 12.5 Å². The van der Waals surface area contributed by atoms with Crippen LogP contribution >= 0.6 is 12.4 Å². The molecule has 1 aromatic carbocycles. The minimum absolute atomic E-state index is 0. The Labute approximate surface area is 125 Å². The number of benzene rings is 1. The number of hydrogen-bond acceptors (Lipinski definition) is 4. The number of methoxy groups -OCH3 is 1. The molecule has 0 aromatic heterocycles. The van der Waals surface area contributed by atoms with Crippen molar-refractivity contribution in [1.82, 2.24) is 10.0 Å². The Bertz CT molecular complexity index is 552. The molecule has 20 heavy (non-hydrogen) atoms. The van der Waals surface area contributed by atoms with E-state index in [0.717, 1.165) is 0 Å². The largest absolute Gasteiger partial charge is 0.494 e. The van der Waals surface area contributed by atoms with E-state index in [1.165, 1.54) is 26.2 Å². The van der Waals surface area contributed by atoms with Crippen LogP contribution in [0.2, 0.25) is 0 Å². The van der Waals surface area contributed by atoms with Crippen LogP contribution in [0.5, 0.6) is 5.75 Å². The second kappa shape index (κ2) is 7.78. The number of sulfonamides is 1. The highest BCUT2D eigenvalue weighted by atomic mass is 35.5. The molecule has 0 aliphatic carbocycles. The van der Waals surface area contributed by atoms with Crippen molar-refractivity contribution in [3.63, 3.8) is 0 Å². The van der Waals surface area contributed by atoms with E-state index in [4.69, 9.17) is 4.74 Å². The fourth-order valence-electron chi connectivity index (χ4n) is 1.51. The van der Waals surface area contributed by atoms with Gasteiger partial charge in [0.2, 0.25) is 10.0 Å². The second-order valence-corrected chi connectivity index (χ2v) is 5.98. The van der Waals surface area contributed by atoms with E-state index in [2.05, 4.69) is 10.0 Å². The van der Waals surface area contributed by atoms with E-state index in [1.54, 1.807) is 7.05 Å². The average molecular weight is 327 g/mol. The standard InChI is InChI=1S/C12H19FN2O3S.ClH/c1-8(14-3)7-15-19(16,17)11-6-5-10(18-4)12(13)9(11)2;/h5-6,8,14-15H,7H2,1-4H3;1H. The third kappa shape index (κ3) is 4.31. The molecule has 0 heterocycles. The molecule has 0 aliphatic heterocycles. The van der Waals surface area contributed by atoms with Gasteiger partial charge in [-0.2, -0.15) is 0 Å². The maximum Gasteiger partial charge on any atom is 0.240 e. The average Bonchev–Trinajstić information content (AvgIpc) is 2.38. The van der Waals surface area contributed by atoms with Crippen molar-refractivity contribution < 1.29 is 17.5 Å². The highest BCUT2D eigenvalue weighted by molar-refractivity contribution is 7.89. The lowest BCUT2D eigenvalue weighted by molar-refractivity contribution is 0.384. The van der Waals surface area contributed by atoms with Crippen molar-refractivity contribution in [2.75, 3.05) is 20.7 Å². The normalized spacial score (nSPS) is 12.7. The van der Waals surface area contributed by atoms with E-state index >= 15 is 0 Å². The van der Waals surface area contributed by atoms with Gasteiger partial charge in [0.05, 0.1) is 12.0 Å². The summed E-state index contributed by atoms with van der Waals surface area (Å²) in [6, 6.07) is 2.63. The molecule has 0 amide bonds. The van der Waals surface area contributed by atoms with Gasteiger partial charge in [0.1, 0.15) is 0 Å². The maximum absolute atomic E-state index is 13.8. The summed E-state index contributed by atoms with van der Waals surface area (Å²) in [5, 5.41) is 2.91. The number of likely N-dealkylation sites (N-methyl/N-ethyl adjacent to an activating group) is 1. The first-order valence-corrected chi connectivity index (χ1v) is 7.31. The quantitative estimate of drug-likeness (QED) is 0.830. The van der Waals surface area contributed by atoms with Crippen molar-refractivity contribution in [2.24, 2.45) is 0 Å². The molecule has 116 valence electrons. The zero-order chi connectivity index (χ0) is 14.6. The molecule has 8 heteroatoms. The molecule has 0 bridgehead atoms. The minimum Gasteiger partial charge on any atom is -0.494 e. The van der Waals surface area contributed by atoms with Crippen LogP contribution in [-0.4, -0.2) is 35.2 Å². The first-order chi connectivity index (χ1) is 8.83. The van der Waals surface area contributed by atoms with Gasteiger partial charge in [-0.25, -0.2) is 17.5 Å². The van der Waals surface area contributed by atoms with E-state index in [9.17, 15) is 12.8 Å². The number of nitrogens with one attached hydrogen (secondary N) is 2. The summed E-state index contributed by atoms with van der Waals surface area (Å²) in [6.07, 6.45) is 0. The predicted molar refractivity (Wildman–Crippen MR) is 78.6 cm³/mol. The van der Waals surface area contributed by atoms with E-state index < -0.39 is 15.8 Å². The second-order valence-electron chi connectivity index (χ2n) is 4.25. The zero-order valence-electron chi connectivity index (χ0n) is 11.9. The molecule has 1 aromatic rings. The molecule has 0 saturated carbocycles. The van der Waals surface area contributed by atoms with Gasteiger partial charge in [0, 0.05) is 18.2 Å². The Morgan fingerprint density at radius 2 is 2.00 bits per heavy atom. The summed E-state index contributed by atoms with van der Waals surface area (Å²) in [5.41, 5.74) is 0.0453. The van der Waals surface area contributed by atoms with Crippen molar-refractivity contribution in [3.8, 4) is 5.75 Å². The van der Waals surface area contributed by atoms with Crippen molar-refractivity contribution in [3.05, 3.63) is 23.5 Å². The maximum atomic E-state index is 13.8. The van der Waals surface area contributed by atoms with Crippen LogP contribution < -0.4 is 14.8 Å². The zero-order valence-corrected chi connectivity index (χ0v) is 13.5. The number of ether oxygens (including phenoxy) is 1. The summed E-state index contributed by atoms with van der Waals surface area (Å²) < 4.78 is 45.2. The third-order valence-electron chi connectivity index (χ3n) is 2.88. The highest BCUT2D eigenvalue weighted by Gasteiger charge is 2.21. The Balaban J connectivity index is 0.00000361. The predicted octanol–water partition coefficient (Wildman–Crippen LogP) is 1.45. The van der Waals surface area contributed by atoms with Crippen molar-refractivity contribution in [1.29, 1.82) is 0 Å². The molecule has 1 rings (SSSR count). The van der Waals surface area contributed by atoms with Crippen molar-refractivity contribution >= 4 is 22.4 Å². The first kappa shape index (κ1) is 19.1. The molecular weight excluding hydrogens is 307 g/mol. The van der Waals surface area contributed by atoms with E-state index in [-0.39, 0.29) is 41.2 Å². The SMILES string of the molecule is CNC(C)CNS(=O)(=O)c1ccc(OC)c(F)c1C.Cl. The Morgan fingerprint density at radius 3 is 2.50 bits per heavy atom. The Kier molecular flexibility index (Phi) is 7.43. The summed E-state index contributed by atoms with van der Waals surface area (Å²) >= 11 is 0. The number of halogens is 2. The Hall–Kier alpha value is -0.890. The van der Waals surface area contributed by atoms with Crippen LogP contribution in [0.25, 0.3) is 0 Å². The smallest absolute Gasteiger partial charge is 0.240 e. The molecule has 0 radical (unpaired) electrons. The van der Waals surface area contributed by atoms with Crippen LogP contribution in [0.3, 0.4) is 0 Å². The van der Waals surface area contributed by atoms with Gasteiger partial charge < -0.3 is 10.1 Å². The first-order valence-electron chi connectivity index (χ1n) is 5.83. The number of hydrogen-bond donors (Lipinski definition) is 2. The Morgan fingerprint density at radius 1 is 1.40 bits per heavy atom. The molecule has 1 atom stereocenters. The van der Waals surface area contributed by atoms with Gasteiger partial charge in [-0.05, 0) is 33.0 Å². The lowest BCUT2D eigenvalue weighted by atomic mass is 10.2. The highest BCUT2D eigenvalue weighted by Crippen LogP contribution is 2.25. The van der Waals surface area contributed by atoms with Gasteiger partial charge in [-0.3, -0.25) is 0 Å². The van der Waals surface area contributed by atoms with Gasteiger partial charge in [-0.1, -0.05) is 0 Å². The summed E-state index contributed by atoms with van der Waals surface area (Å²) in [7, 11) is -0.664. The molecule has 2 N–H and O–H groups in total. The molecular formula is C12H20ClFN2O3S. The molecule has 0 aliphatic rings. The van der Waals surface area contributed by atoms with Gasteiger partial charge in [-0.15, -0.1) is 12.4 Å². The van der Waals surface area contributed by atoms with Gasteiger partial charge in [0.25, 0.3) is 0 Å². The van der Waals surface area contributed by atoms with Crippen LogP contribution in [-0.2, 0) is 10.0 Å². The summed E-state index contributed by atoms with van der Waals surface area (Å²) in [5.74, 6) is -0.632. The lowest BCUT2D eigenvalue weighted by Crippen LogP contribution is -2.37. The topological polar surface area (TPSA) is 67.4 Å². The molecule has 5 nitrogen and oxygen atoms in total. The minimum atomic E-state index is -3.73. The monoisotopic (exact) mass is 326 g/mol. The molecule has 0 fully saturated rings. The van der Waals surface area contributed by atoms with E-state index in [1.807, 2.05) is 6.92 Å². The van der Waals surface area contributed by atoms with Crippen LogP contribution in [0.4, 0.5) is 4.39 Å². The van der Waals surface area contributed by atoms with Crippen molar-refractivity contribution in [2.45, 2.75) is 24.8 Å².